The summed E-state index contributed by atoms with van der Waals surface area (Å²) in [5.74, 6) is 0.925. The van der Waals surface area contributed by atoms with Crippen LogP contribution in [0.15, 0.2) is 26.5 Å². The van der Waals surface area contributed by atoms with Crippen molar-refractivity contribution in [1.29, 1.82) is 0 Å². The molecule has 2 rings (SSSR count). The highest BCUT2D eigenvalue weighted by Crippen LogP contribution is 2.39. The maximum atomic E-state index is 5.26. The highest BCUT2D eigenvalue weighted by atomic mass is 79.9. The van der Waals surface area contributed by atoms with E-state index < -0.39 is 0 Å². The molecule has 0 N–H and O–H groups in total. The first-order chi connectivity index (χ1) is 6.22. The Bertz CT molecular complexity index is 450. The van der Waals surface area contributed by atoms with Crippen molar-refractivity contribution in [3.63, 3.8) is 0 Å². The van der Waals surface area contributed by atoms with Crippen LogP contribution in [-0.2, 0) is 0 Å². The second-order valence-corrected chi connectivity index (χ2v) is 5.83. The van der Waals surface area contributed by atoms with E-state index in [9.17, 15) is 0 Å². The lowest BCUT2D eigenvalue weighted by Crippen LogP contribution is -1.81. The zero-order chi connectivity index (χ0) is 9.42. The smallest absolute Gasteiger partial charge is 0.136 e. The van der Waals surface area contributed by atoms with Gasteiger partial charge in [0, 0.05) is 9.86 Å². The van der Waals surface area contributed by atoms with Gasteiger partial charge in [0.15, 0.2) is 0 Å². The third-order valence-electron chi connectivity index (χ3n) is 1.78. The lowest BCUT2D eigenvalue weighted by atomic mass is 10.2. The molecule has 1 heterocycles. The SMILES string of the molecule is COc1ccc(Br)c2cc(Br)sc12. The van der Waals surface area contributed by atoms with Gasteiger partial charge in [0.1, 0.15) is 5.75 Å². The number of ether oxygens (including phenoxy) is 1. The van der Waals surface area contributed by atoms with E-state index in [1.165, 1.54) is 10.1 Å². The Morgan fingerprint density at radius 3 is 2.77 bits per heavy atom. The summed E-state index contributed by atoms with van der Waals surface area (Å²) >= 11 is 8.65. The van der Waals surface area contributed by atoms with Gasteiger partial charge in [0.2, 0.25) is 0 Å². The standard InChI is InChI=1S/C9H6Br2OS/c1-12-7-3-2-6(10)5-4-8(11)13-9(5)7/h2-4H,1H3. The van der Waals surface area contributed by atoms with Crippen molar-refractivity contribution in [1.82, 2.24) is 0 Å². The normalized spacial score (nSPS) is 10.7. The van der Waals surface area contributed by atoms with Crippen molar-refractivity contribution in [2.45, 2.75) is 0 Å². The lowest BCUT2D eigenvalue weighted by Gasteiger charge is -2.01. The average molecular weight is 322 g/mol. The molecular weight excluding hydrogens is 316 g/mol. The number of benzene rings is 1. The highest BCUT2D eigenvalue weighted by Gasteiger charge is 2.08. The molecule has 1 aromatic carbocycles. The van der Waals surface area contributed by atoms with Gasteiger partial charge in [-0.1, -0.05) is 15.9 Å². The minimum atomic E-state index is 0.925. The molecule has 0 saturated heterocycles. The molecule has 13 heavy (non-hydrogen) atoms. The fraction of sp³-hybridized carbons (Fsp3) is 0.111. The van der Waals surface area contributed by atoms with Crippen LogP contribution in [0.3, 0.4) is 0 Å². The van der Waals surface area contributed by atoms with Gasteiger partial charge in [0.05, 0.1) is 15.6 Å². The first kappa shape index (κ1) is 9.49. The molecule has 0 spiro atoms. The number of thiophene rings is 1. The predicted octanol–water partition coefficient (Wildman–Crippen LogP) is 4.43. The summed E-state index contributed by atoms with van der Waals surface area (Å²) in [7, 11) is 1.69. The van der Waals surface area contributed by atoms with Crippen LogP contribution in [0, 0.1) is 0 Å². The maximum absolute atomic E-state index is 5.26. The topological polar surface area (TPSA) is 9.23 Å². The molecular formula is C9H6Br2OS. The van der Waals surface area contributed by atoms with Gasteiger partial charge in [-0.3, -0.25) is 0 Å². The Morgan fingerprint density at radius 2 is 2.08 bits per heavy atom. The zero-order valence-electron chi connectivity index (χ0n) is 6.80. The number of fused-ring (bicyclic) bond motifs is 1. The van der Waals surface area contributed by atoms with Crippen molar-refractivity contribution in [2.24, 2.45) is 0 Å². The van der Waals surface area contributed by atoms with E-state index in [0.717, 1.165) is 14.0 Å². The largest absolute Gasteiger partial charge is 0.495 e. The maximum Gasteiger partial charge on any atom is 0.136 e. The molecule has 68 valence electrons. The predicted molar refractivity (Wildman–Crippen MR) is 63.8 cm³/mol. The molecule has 1 nitrogen and oxygen atoms in total. The fourth-order valence-electron chi connectivity index (χ4n) is 1.20. The van der Waals surface area contributed by atoms with Crippen molar-refractivity contribution in [2.75, 3.05) is 7.11 Å². The van der Waals surface area contributed by atoms with Crippen molar-refractivity contribution in [3.8, 4) is 5.75 Å². The van der Waals surface area contributed by atoms with E-state index in [0.29, 0.717) is 0 Å². The second kappa shape index (κ2) is 3.59. The van der Waals surface area contributed by atoms with E-state index in [1.54, 1.807) is 18.4 Å². The third kappa shape index (κ3) is 1.63. The van der Waals surface area contributed by atoms with Gasteiger partial charge in [-0.2, -0.15) is 0 Å². The van der Waals surface area contributed by atoms with Crippen LogP contribution in [0.5, 0.6) is 5.75 Å². The summed E-state index contributed by atoms with van der Waals surface area (Å²) in [6.07, 6.45) is 0. The van der Waals surface area contributed by atoms with E-state index in [-0.39, 0.29) is 0 Å². The third-order valence-corrected chi connectivity index (χ3v) is 4.13. The summed E-state index contributed by atoms with van der Waals surface area (Å²) < 4.78 is 8.66. The fourth-order valence-corrected chi connectivity index (χ4v) is 3.39. The van der Waals surface area contributed by atoms with E-state index >= 15 is 0 Å². The molecule has 0 unspecified atom stereocenters. The van der Waals surface area contributed by atoms with E-state index in [1.807, 2.05) is 12.1 Å². The van der Waals surface area contributed by atoms with Crippen LogP contribution in [0.2, 0.25) is 0 Å². The minimum absolute atomic E-state index is 0.925. The number of rotatable bonds is 1. The number of methoxy groups -OCH3 is 1. The molecule has 0 aliphatic rings. The summed E-state index contributed by atoms with van der Waals surface area (Å²) in [5, 5.41) is 1.19. The molecule has 0 amide bonds. The summed E-state index contributed by atoms with van der Waals surface area (Å²) in [6.45, 7) is 0. The Morgan fingerprint density at radius 1 is 1.31 bits per heavy atom. The van der Waals surface area contributed by atoms with Crippen molar-refractivity contribution in [3.05, 3.63) is 26.5 Å². The Hall–Kier alpha value is -0.0600. The number of hydrogen-bond acceptors (Lipinski definition) is 2. The van der Waals surface area contributed by atoms with Crippen LogP contribution in [0.25, 0.3) is 10.1 Å². The quantitative estimate of drug-likeness (QED) is 0.754. The number of hydrogen-bond donors (Lipinski definition) is 0. The first-order valence-corrected chi connectivity index (χ1v) is 6.04. The molecule has 0 saturated carbocycles. The Kier molecular flexibility index (Phi) is 2.62. The molecule has 0 aliphatic heterocycles. The Labute approximate surface area is 97.0 Å². The van der Waals surface area contributed by atoms with Crippen LogP contribution < -0.4 is 4.74 Å². The van der Waals surface area contributed by atoms with Crippen LogP contribution >= 0.6 is 43.2 Å². The monoisotopic (exact) mass is 320 g/mol. The van der Waals surface area contributed by atoms with Gasteiger partial charge in [0.25, 0.3) is 0 Å². The summed E-state index contributed by atoms with van der Waals surface area (Å²) in [5.41, 5.74) is 0. The van der Waals surface area contributed by atoms with Crippen LogP contribution in [-0.4, -0.2) is 7.11 Å². The van der Waals surface area contributed by atoms with E-state index in [2.05, 4.69) is 37.9 Å². The minimum Gasteiger partial charge on any atom is -0.495 e. The van der Waals surface area contributed by atoms with Gasteiger partial charge >= 0.3 is 0 Å². The van der Waals surface area contributed by atoms with Gasteiger partial charge in [-0.05, 0) is 34.1 Å². The molecule has 0 fully saturated rings. The highest BCUT2D eigenvalue weighted by molar-refractivity contribution is 9.11. The molecule has 4 heteroatoms. The van der Waals surface area contributed by atoms with Gasteiger partial charge in [-0.15, -0.1) is 11.3 Å². The van der Waals surface area contributed by atoms with Crippen molar-refractivity contribution >= 4 is 53.3 Å². The molecule has 0 atom stereocenters. The van der Waals surface area contributed by atoms with E-state index in [4.69, 9.17) is 4.74 Å². The average Bonchev–Trinajstić information content (AvgIpc) is 2.48. The molecule has 0 aliphatic carbocycles. The number of halogens is 2. The van der Waals surface area contributed by atoms with Gasteiger partial charge in [-0.25, -0.2) is 0 Å². The van der Waals surface area contributed by atoms with Gasteiger partial charge < -0.3 is 4.74 Å². The zero-order valence-corrected chi connectivity index (χ0v) is 10.8. The first-order valence-electron chi connectivity index (χ1n) is 3.64. The molecule has 0 radical (unpaired) electrons. The lowest BCUT2D eigenvalue weighted by molar-refractivity contribution is 0.420. The Balaban J connectivity index is 2.83. The summed E-state index contributed by atoms with van der Waals surface area (Å²) in [4.78, 5) is 0. The van der Waals surface area contributed by atoms with Crippen LogP contribution in [0.4, 0.5) is 0 Å². The molecule has 1 aromatic heterocycles. The summed E-state index contributed by atoms with van der Waals surface area (Å²) in [6, 6.07) is 6.06. The second-order valence-electron chi connectivity index (χ2n) is 2.54. The van der Waals surface area contributed by atoms with Crippen LogP contribution in [0.1, 0.15) is 0 Å². The molecule has 0 bridgehead atoms. The van der Waals surface area contributed by atoms with Crippen molar-refractivity contribution < 1.29 is 4.74 Å². The molecule has 2 aromatic rings.